The highest BCUT2D eigenvalue weighted by Crippen LogP contribution is 2.49. The summed E-state index contributed by atoms with van der Waals surface area (Å²) in [7, 11) is 0. The van der Waals surface area contributed by atoms with Gasteiger partial charge in [0, 0.05) is 12.1 Å². The van der Waals surface area contributed by atoms with Crippen LogP contribution in [0.5, 0.6) is 0 Å². The van der Waals surface area contributed by atoms with Gasteiger partial charge in [-0.3, -0.25) is 0 Å². The molecule has 2 nitrogen and oxygen atoms in total. The summed E-state index contributed by atoms with van der Waals surface area (Å²) >= 11 is 0. The van der Waals surface area contributed by atoms with Crippen molar-refractivity contribution in [1.82, 2.24) is 0 Å². The molecule has 0 aromatic rings. The smallest absolute Gasteiger partial charge is 0.0437 e. The Morgan fingerprint density at radius 1 is 1.12 bits per heavy atom. The molecular weight excluding hydrogens is 198 g/mol. The van der Waals surface area contributed by atoms with Gasteiger partial charge in [-0.2, -0.15) is 0 Å². The molecule has 96 valence electrons. The molecule has 1 atom stereocenters. The van der Waals surface area contributed by atoms with Crippen molar-refractivity contribution in [3.8, 4) is 0 Å². The topological polar surface area (TPSA) is 46.2 Å². The fourth-order valence-corrected chi connectivity index (χ4v) is 3.16. The molecule has 16 heavy (non-hydrogen) atoms. The van der Waals surface area contributed by atoms with E-state index in [1.165, 1.54) is 25.7 Å². The molecule has 1 aliphatic carbocycles. The lowest BCUT2D eigenvalue weighted by Crippen LogP contribution is -2.51. The van der Waals surface area contributed by atoms with Crippen molar-refractivity contribution in [3.63, 3.8) is 0 Å². The van der Waals surface area contributed by atoms with Crippen molar-refractivity contribution < 1.29 is 5.11 Å². The van der Waals surface area contributed by atoms with Crippen molar-refractivity contribution in [2.75, 3.05) is 6.61 Å². The summed E-state index contributed by atoms with van der Waals surface area (Å²) in [5.41, 5.74) is 6.78. The Hall–Kier alpha value is -0.0800. The highest BCUT2D eigenvalue weighted by molar-refractivity contribution is 4.99. The molecule has 0 amide bonds. The molecule has 0 radical (unpaired) electrons. The number of hydrogen-bond acceptors (Lipinski definition) is 2. The Morgan fingerprint density at radius 3 is 2.25 bits per heavy atom. The standard InChI is InChI=1S/C14H29NO/c1-12(2)6-5-7-14(9-8-12,10-11-16)13(3,4)15/h16H,5-11,15H2,1-4H3. The predicted octanol–water partition coefficient (Wildman–Crippen LogP) is 3.08. The first-order valence-corrected chi connectivity index (χ1v) is 6.62. The van der Waals surface area contributed by atoms with Crippen molar-refractivity contribution in [1.29, 1.82) is 0 Å². The molecule has 0 aromatic heterocycles. The molecule has 0 aromatic carbocycles. The number of hydrogen-bond donors (Lipinski definition) is 2. The zero-order chi connectivity index (χ0) is 12.4. The second-order valence-electron chi connectivity index (χ2n) is 6.99. The number of aliphatic hydroxyl groups excluding tert-OH is 1. The van der Waals surface area contributed by atoms with E-state index in [1.54, 1.807) is 0 Å². The molecule has 0 heterocycles. The fourth-order valence-electron chi connectivity index (χ4n) is 3.16. The van der Waals surface area contributed by atoms with E-state index >= 15 is 0 Å². The van der Waals surface area contributed by atoms with Crippen LogP contribution in [0.25, 0.3) is 0 Å². The van der Waals surface area contributed by atoms with E-state index in [4.69, 9.17) is 5.73 Å². The van der Waals surface area contributed by atoms with Gasteiger partial charge in [-0.05, 0) is 56.8 Å². The lowest BCUT2D eigenvalue weighted by Gasteiger charge is -2.44. The van der Waals surface area contributed by atoms with E-state index < -0.39 is 0 Å². The number of aliphatic hydroxyl groups is 1. The first kappa shape index (κ1) is 14.0. The summed E-state index contributed by atoms with van der Waals surface area (Å²) in [5, 5.41) is 9.31. The van der Waals surface area contributed by atoms with Crippen molar-refractivity contribution >= 4 is 0 Å². The maximum atomic E-state index is 9.31. The van der Waals surface area contributed by atoms with E-state index in [-0.39, 0.29) is 17.6 Å². The number of nitrogens with two attached hydrogens (primary N) is 1. The Kier molecular flexibility index (Phi) is 4.07. The van der Waals surface area contributed by atoms with Gasteiger partial charge in [0.2, 0.25) is 0 Å². The minimum Gasteiger partial charge on any atom is -0.396 e. The van der Waals surface area contributed by atoms with Gasteiger partial charge in [-0.15, -0.1) is 0 Å². The minimum atomic E-state index is -0.184. The summed E-state index contributed by atoms with van der Waals surface area (Å²) in [6.45, 7) is 9.22. The highest BCUT2D eigenvalue weighted by Gasteiger charge is 2.43. The van der Waals surface area contributed by atoms with Gasteiger partial charge in [0.05, 0.1) is 0 Å². The second-order valence-corrected chi connectivity index (χ2v) is 6.99. The zero-order valence-corrected chi connectivity index (χ0v) is 11.5. The highest BCUT2D eigenvalue weighted by atomic mass is 16.3. The van der Waals surface area contributed by atoms with E-state index in [0.29, 0.717) is 5.41 Å². The Morgan fingerprint density at radius 2 is 1.75 bits per heavy atom. The lowest BCUT2D eigenvalue weighted by molar-refractivity contribution is 0.0775. The lowest BCUT2D eigenvalue weighted by atomic mass is 9.64. The van der Waals surface area contributed by atoms with Crippen LogP contribution in [-0.4, -0.2) is 17.3 Å². The predicted molar refractivity (Wildman–Crippen MR) is 69.3 cm³/mol. The average molecular weight is 227 g/mol. The summed E-state index contributed by atoms with van der Waals surface area (Å²) in [5.74, 6) is 0. The van der Waals surface area contributed by atoms with Gasteiger partial charge < -0.3 is 10.8 Å². The van der Waals surface area contributed by atoms with E-state index in [1.807, 2.05) is 0 Å². The number of rotatable bonds is 3. The van der Waals surface area contributed by atoms with Crippen LogP contribution in [0.3, 0.4) is 0 Å². The quantitative estimate of drug-likeness (QED) is 0.728. The second kappa shape index (κ2) is 4.66. The van der Waals surface area contributed by atoms with Gasteiger partial charge >= 0.3 is 0 Å². The van der Waals surface area contributed by atoms with Gasteiger partial charge in [-0.1, -0.05) is 20.3 Å². The molecule has 0 bridgehead atoms. The normalized spacial score (nSPS) is 31.1. The minimum absolute atomic E-state index is 0.134. The van der Waals surface area contributed by atoms with E-state index in [0.717, 1.165) is 12.8 Å². The monoisotopic (exact) mass is 227 g/mol. The summed E-state index contributed by atoms with van der Waals surface area (Å²) in [6, 6.07) is 0. The summed E-state index contributed by atoms with van der Waals surface area (Å²) in [6.07, 6.45) is 6.94. The van der Waals surface area contributed by atoms with Gasteiger partial charge in [0.15, 0.2) is 0 Å². The third kappa shape index (κ3) is 2.98. The maximum Gasteiger partial charge on any atom is 0.0437 e. The Balaban J connectivity index is 2.86. The first-order chi connectivity index (χ1) is 7.22. The molecule has 0 spiro atoms. The van der Waals surface area contributed by atoms with Crippen LogP contribution in [0.2, 0.25) is 0 Å². The van der Waals surface area contributed by atoms with Crippen LogP contribution >= 0.6 is 0 Å². The van der Waals surface area contributed by atoms with Crippen LogP contribution < -0.4 is 5.73 Å². The molecule has 1 aliphatic rings. The SMILES string of the molecule is CC1(C)CCCC(CCO)(C(C)(C)N)CC1. The molecule has 3 N–H and O–H groups in total. The Labute approximate surface area is 101 Å². The van der Waals surface area contributed by atoms with E-state index in [9.17, 15) is 5.11 Å². The molecule has 1 fully saturated rings. The van der Waals surface area contributed by atoms with Crippen molar-refractivity contribution in [2.24, 2.45) is 16.6 Å². The molecule has 1 rings (SSSR count). The third-order valence-corrected chi connectivity index (χ3v) is 4.75. The summed E-state index contributed by atoms with van der Waals surface area (Å²) < 4.78 is 0. The largest absolute Gasteiger partial charge is 0.396 e. The molecule has 2 heteroatoms. The van der Waals surface area contributed by atoms with E-state index in [2.05, 4.69) is 27.7 Å². The van der Waals surface area contributed by atoms with Crippen molar-refractivity contribution in [2.45, 2.75) is 71.8 Å². The van der Waals surface area contributed by atoms with Gasteiger partial charge in [-0.25, -0.2) is 0 Å². The van der Waals surface area contributed by atoms with Crippen LogP contribution in [0, 0.1) is 10.8 Å². The van der Waals surface area contributed by atoms with Crippen LogP contribution in [0.1, 0.15) is 66.2 Å². The van der Waals surface area contributed by atoms with Crippen LogP contribution in [0.4, 0.5) is 0 Å². The van der Waals surface area contributed by atoms with Crippen LogP contribution in [0.15, 0.2) is 0 Å². The molecular formula is C14H29NO. The first-order valence-electron chi connectivity index (χ1n) is 6.62. The molecule has 0 saturated heterocycles. The van der Waals surface area contributed by atoms with Gasteiger partial charge in [0.1, 0.15) is 0 Å². The average Bonchev–Trinajstić information content (AvgIpc) is 2.26. The van der Waals surface area contributed by atoms with Crippen molar-refractivity contribution in [3.05, 3.63) is 0 Å². The third-order valence-electron chi connectivity index (χ3n) is 4.75. The molecule has 1 unspecified atom stereocenters. The van der Waals surface area contributed by atoms with Gasteiger partial charge in [0.25, 0.3) is 0 Å². The Bertz CT molecular complexity index is 229. The summed E-state index contributed by atoms with van der Waals surface area (Å²) in [4.78, 5) is 0. The fraction of sp³-hybridized carbons (Fsp3) is 1.00. The zero-order valence-electron chi connectivity index (χ0n) is 11.5. The maximum absolute atomic E-state index is 9.31. The van der Waals surface area contributed by atoms with Crippen LogP contribution in [-0.2, 0) is 0 Å². The molecule has 0 aliphatic heterocycles. The molecule has 1 saturated carbocycles.